The van der Waals surface area contributed by atoms with Crippen LogP contribution in [0.2, 0.25) is 0 Å². The average molecular weight is 276 g/mol. The summed E-state index contributed by atoms with van der Waals surface area (Å²) in [6.07, 6.45) is 1.61. The second-order valence-corrected chi connectivity index (χ2v) is 4.19. The van der Waals surface area contributed by atoms with Crippen LogP contribution in [0.4, 0.5) is 0 Å². The zero-order valence-corrected chi connectivity index (χ0v) is 11.3. The van der Waals surface area contributed by atoms with Crippen LogP contribution in [0.15, 0.2) is 24.4 Å². The number of nitrogens with two attached hydrogens (primary N) is 1. The number of ether oxygens (including phenoxy) is 2. The summed E-state index contributed by atoms with van der Waals surface area (Å²) < 4.78 is 9.62. The molecular formula is C14H16N2O4. The highest BCUT2D eigenvalue weighted by molar-refractivity contribution is 6.04. The van der Waals surface area contributed by atoms with E-state index in [9.17, 15) is 9.59 Å². The second-order valence-electron chi connectivity index (χ2n) is 4.19. The third kappa shape index (κ3) is 2.37. The Bertz CT molecular complexity index is 648. The van der Waals surface area contributed by atoms with Gasteiger partial charge in [-0.15, -0.1) is 0 Å². The molecule has 0 aliphatic carbocycles. The van der Waals surface area contributed by atoms with E-state index < -0.39 is 18.0 Å². The molecule has 1 aromatic heterocycles. The fraction of sp³-hybridized carbons (Fsp3) is 0.286. The number of hydrogen-bond donors (Lipinski definition) is 2. The number of benzene rings is 1. The number of nitrogens with one attached hydrogen (secondary N) is 1. The molecule has 0 spiro atoms. The predicted octanol–water partition coefficient (Wildman–Crippen LogP) is 1.52. The van der Waals surface area contributed by atoms with E-state index in [-0.39, 0.29) is 6.61 Å². The molecule has 1 atom stereocenters. The Morgan fingerprint density at radius 2 is 2.15 bits per heavy atom. The van der Waals surface area contributed by atoms with Gasteiger partial charge in [-0.2, -0.15) is 0 Å². The molecule has 3 N–H and O–H groups in total. The molecule has 2 aromatic rings. The third-order valence-corrected chi connectivity index (χ3v) is 3.03. The SMILES string of the molecule is CCOC(=O)C(N)c1c[nH]c2c(C(=O)OC)cccc12. The lowest BCUT2D eigenvalue weighted by molar-refractivity contribution is -0.144. The molecule has 1 unspecified atom stereocenters. The number of H-pyrrole nitrogens is 1. The highest BCUT2D eigenvalue weighted by atomic mass is 16.5. The molecule has 0 radical (unpaired) electrons. The van der Waals surface area contributed by atoms with Crippen molar-refractivity contribution in [2.24, 2.45) is 5.73 Å². The smallest absolute Gasteiger partial charge is 0.339 e. The lowest BCUT2D eigenvalue weighted by Gasteiger charge is -2.09. The fourth-order valence-electron chi connectivity index (χ4n) is 2.07. The van der Waals surface area contributed by atoms with Gasteiger partial charge in [-0.1, -0.05) is 12.1 Å². The first-order valence-corrected chi connectivity index (χ1v) is 6.20. The van der Waals surface area contributed by atoms with Crippen LogP contribution in [0.3, 0.4) is 0 Å². The summed E-state index contributed by atoms with van der Waals surface area (Å²) in [6, 6.07) is 4.25. The van der Waals surface area contributed by atoms with E-state index >= 15 is 0 Å². The van der Waals surface area contributed by atoms with E-state index in [0.717, 1.165) is 0 Å². The summed E-state index contributed by atoms with van der Waals surface area (Å²) in [5.74, 6) is -0.953. The van der Waals surface area contributed by atoms with Gasteiger partial charge in [0.2, 0.25) is 0 Å². The standard InChI is InChI=1S/C14H16N2O4/c1-3-20-14(18)11(15)10-7-16-12-8(10)5-4-6-9(12)13(17)19-2/h4-7,11,16H,3,15H2,1-2H3. The van der Waals surface area contributed by atoms with Gasteiger partial charge >= 0.3 is 11.9 Å². The maximum atomic E-state index is 11.7. The van der Waals surface area contributed by atoms with Crippen LogP contribution in [-0.4, -0.2) is 30.6 Å². The van der Waals surface area contributed by atoms with Crippen LogP contribution in [-0.2, 0) is 14.3 Å². The van der Waals surface area contributed by atoms with Crippen molar-refractivity contribution >= 4 is 22.8 Å². The van der Waals surface area contributed by atoms with Gasteiger partial charge in [0.1, 0.15) is 6.04 Å². The zero-order valence-electron chi connectivity index (χ0n) is 11.3. The molecule has 20 heavy (non-hydrogen) atoms. The van der Waals surface area contributed by atoms with Crippen molar-refractivity contribution < 1.29 is 19.1 Å². The number of fused-ring (bicyclic) bond motifs is 1. The molecule has 0 bridgehead atoms. The van der Waals surface area contributed by atoms with Crippen molar-refractivity contribution in [2.75, 3.05) is 13.7 Å². The van der Waals surface area contributed by atoms with Crippen molar-refractivity contribution in [1.29, 1.82) is 0 Å². The Hall–Kier alpha value is -2.34. The summed E-state index contributed by atoms with van der Waals surface area (Å²) in [4.78, 5) is 26.3. The number of aromatic nitrogens is 1. The maximum Gasteiger partial charge on any atom is 0.339 e. The summed E-state index contributed by atoms with van der Waals surface area (Å²) >= 11 is 0. The highest BCUT2D eigenvalue weighted by Crippen LogP contribution is 2.26. The predicted molar refractivity (Wildman–Crippen MR) is 73.2 cm³/mol. The average Bonchev–Trinajstić information content (AvgIpc) is 2.89. The zero-order chi connectivity index (χ0) is 14.7. The van der Waals surface area contributed by atoms with Gasteiger partial charge in [-0.25, -0.2) is 9.59 Å². The number of hydrogen-bond acceptors (Lipinski definition) is 5. The second kappa shape index (κ2) is 5.75. The largest absolute Gasteiger partial charge is 0.465 e. The molecule has 1 aromatic carbocycles. The monoisotopic (exact) mass is 276 g/mol. The Balaban J connectivity index is 2.47. The highest BCUT2D eigenvalue weighted by Gasteiger charge is 2.22. The number of carbonyl (C=O) groups is 2. The van der Waals surface area contributed by atoms with E-state index in [1.165, 1.54) is 7.11 Å². The van der Waals surface area contributed by atoms with Crippen molar-refractivity contribution in [3.8, 4) is 0 Å². The summed E-state index contributed by atoms with van der Waals surface area (Å²) in [6.45, 7) is 1.98. The number of para-hydroxylation sites is 1. The van der Waals surface area contributed by atoms with Crippen molar-refractivity contribution in [2.45, 2.75) is 13.0 Å². The van der Waals surface area contributed by atoms with Gasteiger partial charge in [0.15, 0.2) is 0 Å². The van der Waals surface area contributed by atoms with Gasteiger partial charge < -0.3 is 20.2 Å². The molecule has 6 nitrogen and oxygen atoms in total. The van der Waals surface area contributed by atoms with Gasteiger partial charge in [0.05, 0.1) is 24.8 Å². The maximum absolute atomic E-state index is 11.7. The van der Waals surface area contributed by atoms with E-state index in [4.69, 9.17) is 15.2 Å². The molecule has 106 valence electrons. The minimum absolute atomic E-state index is 0.266. The number of aromatic amines is 1. The van der Waals surface area contributed by atoms with Crippen molar-refractivity contribution in [3.05, 3.63) is 35.5 Å². The van der Waals surface area contributed by atoms with Crippen LogP contribution in [0, 0.1) is 0 Å². The molecule has 0 aliphatic rings. The fourth-order valence-corrected chi connectivity index (χ4v) is 2.07. The lowest BCUT2D eigenvalue weighted by Crippen LogP contribution is -2.23. The molecule has 0 amide bonds. The van der Waals surface area contributed by atoms with Gasteiger partial charge in [-0.05, 0) is 13.0 Å². The van der Waals surface area contributed by atoms with Crippen LogP contribution in [0.25, 0.3) is 10.9 Å². The quantitative estimate of drug-likeness (QED) is 0.825. The van der Waals surface area contributed by atoms with E-state index in [0.29, 0.717) is 22.0 Å². The number of rotatable bonds is 4. The van der Waals surface area contributed by atoms with E-state index in [1.54, 1.807) is 31.3 Å². The summed E-state index contributed by atoms with van der Waals surface area (Å²) in [7, 11) is 1.31. The minimum atomic E-state index is -0.892. The number of carbonyl (C=O) groups excluding carboxylic acids is 2. The van der Waals surface area contributed by atoms with Gasteiger partial charge in [-0.3, -0.25) is 0 Å². The van der Waals surface area contributed by atoms with Crippen LogP contribution in [0.5, 0.6) is 0 Å². The molecule has 0 saturated carbocycles. The number of methoxy groups -OCH3 is 1. The summed E-state index contributed by atoms with van der Waals surface area (Å²) in [5, 5.41) is 0.702. The van der Waals surface area contributed by atoms with Crippen molar-refractivity contribution in [3.63, 3.8) is 0 Å². The molecule has 6 heteroatoms. The topological polar surface area (TPSA) is 94.4 Å². The summed E-state index contributed by atoms with van der Waals surface area (Å²) in [5.41, 5.74) is 7.46. The minimum Gasteiger partial charge on any atom is -0.465 e. The first-order valence-electron chi connectivity index (χ1n) is 6.20. The lowest BCUT2D eigenvalue weighted by atomic mass is 10.0. The molecule has 0 aliphatic heterocycles. The van der Waals surface area contributed by atoms with E-state index in [1.807, 2.05) is 0 Å². The normalized spacial score (nSPS) is 12.2. The Morgan fingerprint density at radius 1 is 1.40 bits per heavy atom. The molecular weight excluding hydrogens is 260 g/mol. The third-order valence-electron chi connectivity index (χ3n) is 3.03. The van der Waals surface area contributed by atoms with Gasteiger partial charge in [0.25, 0.3) is 0 Å². The van der Waals surface area contributed by atoms with Crippen molar-refractivity contribution in [1.82, 2.24) is 4.98 Å². The van der Waals surface area contributed by atoms with Crippen LogP contribution in [0.1, 0.15) is 28.9 Å². The molecule has 0 saturated heterocycles. The van der Waals surface area contributed by atoms with Crippen LogP contribution < -0.4 is 5.73 Å². The molecule has 0 fully saturated rings. The Kier molecular flexibility index (Phi) is 4.05. The molecule has 2 rings (SSSR count). The van der Waals surface area contributed by atoms with E-state index in [2.05, 4.69) is 4.98 Å². The van der Waals surface area contributed by atoms with Gasteiger partial charge in [0, 0.05) is 17.1 Å². The number of esters is 2. The molecule has 1 heterocycles. The Labute approximate surface area is 115 Å². The first kappa shape index (κ1) is 14.1. The van der Waals surface area contributed by atoms with Crippen LogP contribution >= 0.6 is 0 Å². The Morgan fingerprint density at radius 3 is 2.80 bits per heavy atom. The first-order chi connectivity index (χ1) is 9.60.